The number of hydrogen-bond acceptors (Lipinski definition) is 4. The molecule has 0 radical (unpaired) electrons. The first-order valence-corrected chi connectivity index (χ1v) is 11.5. The minimum absolute atomic E-state index is 0.0205. The molecule has 0 aromatic heterocycles. The summed E-state index contributed by atoms with van der Waals surface area (Å²) in [5.74, 6) is 0.861. The normalized spacial score (nSPS) is 19.0. The summed E-state index contributed by atoms with van der Waals surface area (Å²) in [7, 11) is 0. The van der Waals surface area contributed by atoms with Crippen LogP contribution in [-0.4, -0.2) is 46.3 Å². The number of hydrogen-bond donors (Lipinski definition) is 0. The lowest BCUT2D eigenvalue weighted by atomic mass is 9.87. The SMILES string of the molecule is Cc1ccc(C2CN(Cc3ccc([N+](=O)[O-])cc3)CC2CN(C(=O)C(C)C)C(C)C)cc1. The second-order valence-electron chi connectivity index (χ2n) is 9.63. The molecule has 1 amide bonds. The molecule has 2 aromatic rings. The Bertz CT molecular complexity index is 922. The van der Waals surface area contributed by atoms with Crippen LogP contribution in [0.1, 0.15) is 50.3 Å². The Morgan fingerprint density at radius 2 is 1.69 bits per heavy atom. The Kier molecular flexibility index (Phi) is 7.67. The third-order valence-corrected chi connectivity index (χ3v) is 6.41. The summed E-state index contributed by atoms with van der Waals surface area (Å²) in [5, 5.41) is 10.9. The molecule has 1 aliphatic rings. The third-order valence-electron chi connectivity index (χ3n) is 6.41. The lowest BCUT2D eigenvalue weighted by Crippen LogP contribution is -2.43. The van der Waals surface area contributed by atoms with Crippen molar-refractivity contribution in [1.82, 2.24) is 9.80 Å². The van der Waals surface area contributed by atoms with Gasteiger partial charge in [-0.25, -0.2) is 0 Å². The number of aryl methyl sites for hydroxylation is 1. The highest BCUT2D eigenvalue weighted by Crippen LogP contribution is 2.35. The van der Waals surface area contributed by atoms with Crippen LogP contribution in [0, 0.1) is 28.9 Å². The number of amides is 1. The van der Waals surface area contributed by atoms with Gasteiger partial charge in [0.15, 0.2) is 0 Å². The van der Waals surface area contributed by atoms with E-state index in [1.807, 2.05) is 30.9 Å². The Balaban J connectivity index is 1.81. The van der Waals surface area contributed by atoms with Gasteiger partial charge in [-0.1, -0.05) is 55.8 Å². The summed E-state index contributed by atoms with van der Waals surface area (Å²) in [6, 6.07) is 15.7. The summed E-state index contributed by atoms with van der Waals surface area (Å²) in [4.78, 5) is 27.9. The monoisotopic (exact) mass is 437 g/mol. The van der Waals surface area contributed by atoms with Gasteiger partial charge in [0, 0.05) is 56.2 Å². The van der Waals surface area contributed by atoms with Crippen molar-refractivity contribution < 1.29 is 9.72 Å². The lowest BCUT2D eigenvalue weighted by molar-refractivity contribution is -0.384. The van der Waals surface area contributed by atoms with Crippen molar-refractivity contribution in [3.8, 4) is 0 Å². The van der Waals surface area contributed by atoms with Gasteiger partial charge in [-0.15, -0.1) is 0 Å². The summed E-state index contributed by atoms with van der Waals surface area (Å²) in [6.45, 7) is 13.5. The van der Waals surface area contributed by atoms with Gasteiger partial charge in [0.25, 0.3) is 5.69 Å². The number of nitro groups is 1. The van der Waals surface area contributed by atoms with Gasteiger partial charge in [-0.2, -0.15) is 0 Å². The predicted molar refractivity (Wildman–Crippen MR) is 127 cm³/mol. The molecule has 0 bridgehead atoms. The molecule has 6 nitrogen and oxygen atoms in total. The van der Waals surface area contributed by atoms with Crippen LogP contribution >= 0.6 is 0 Å². The van der Waals surface area contributed by atoms with Crippen LogP contribution in [0.15, 0.2) is 48.5 Å². The van der Waals surface area contributed by atoms with E-state index in [0.29, 0.717) is 11.8 Å². The number of likely N-dealkylation sites (tertiary alicyclic amines) is 1. The first-order valence-electron chi connectivity index (χ1n) is 11.5. The van der Waals surface area contributed by atoms with Crippen LogP contribution in [0.5, 0.6) is 0 Å². The van der Waals surface area contributed by atoms with E-state index < -0.39 is 0 Å². The fraction of sp³-hybridized carbons (Fsp3) is 0.500. The molecule has 2 atom stereocenters. The number of benzene rings is 2. The van der Waals surface area contributed by atoms with Gasteiger partial charge in [0.05, 0.1) is 4.92 Å². The van der Waals surface area contributed by atoms with Crippen molar-refractivity contribution >= 4 is 11.6 Å². The van der Waals surface area contributed by atoms with Crippen LogP contribution in [0.2, 0.25) is 0 Å². The Morgan fingerprint density at radius 3 is 2.22 bits per heavy atom. The molecule has 0 spiro atoms. The van der Waals surface area contributed by atoms with E-state index in [1.165, 1.54) is 11.1 Å². The Labute approximate surface area is 191 Å². The summed E-state index contributed by atoms with van der Waals surface area (Å²) >= 11 is 0. The molecule has 1 aliphatic heterocycles. The van der Waals surface area contributed by atoms with Crippen molar-refractivity contribution in [2.75, 3.05) is 19.6 Å². The van der Waals surface area contributed by atoms with Gasteiger partial charge in [0.1, 0.15) is 0 Å². The molecule has 32 heavy (non-hydrogen) atoms. The van der Waals surface area contributed by atoms with Gasteiger partial charge in [-0.05, 0) is 37.8 Å². The number of nitrogens with zero attached hydrogens (tertiary/aromatic N) is 3. The molecule has 1 fully saturated rings. The standard InChI is InChI=1S/C26H35N3O3/c1-18(2)26(30)28(19(3)4)16-23-15-27(14-21-8-12-24(13-9-21)29(31)32)17-25(23)22-10-6-20(5)7-11-22/h6-13,18-19,23,25H,14-17H2,1-5H3. The molecule has 1 saturated heterocycles. The van der Waals surface area contributed by atoms with Crippen LogP contribution in [0.25, 0.3) is 0 Å². The summed E-state index contributed by atoms with van der Waals surface area (Å²) in [5.41, 5.74) is 3.74. The quantitative estimate of drug-likeness (QED) is 0.430. The highest BCUT2D eigenvalue weighted by molar-refractivity contribution is 5.78. The van der Waals surface area contributed by atoms with Gasteiger partial charge < -0.3 is 4.90 Å². The number of nitro benzene ring substituents is 1. The molecule has 0 aliphatic carbocycles. The Morgan fingerprint density at radius 1 is 1.06 bits per heavy atom. The number of carbonyl (C=O) groups excluding carboxylic acids is 1. The van der Waals surface area contributed by atoms with Crippen molar-refractivity contribution in [3.05, 3.63) is 75.3 Å². The molecule has 0 N–H and O–H groups in total. The molecule has 2 aromatic carbocycles. The van der Waals surface area contributed by atoms with Crippen LogP contribution in [0.4, 0.5) is 5.69 Å². The lowest BCUT2D eigenvalue weighted by Gasteiger charge is -2.33. The van der Waals surface area contributed by atoms with Crippen LogP contribution in [-0.2, 0) is 11.3 Å². The second-order valence-corrected chi connectivity index (χ2v) is 9.63. The van der Waals surface area contributed by atoms with E-state index in [9.17, 15) is 14.9 Å². The van der Waals surface area contributed by atoms with Crippen LogP contribution in [0.3, 0.4) is 0 Å². The molecule has 0 saturated carbocycles. The zero-order valence-electron chi connectivity index (χ0n) is 19.8. The maximum Gasteiger partial charge on any atom is 0.269 e. The summed E-state index contributed by atoms with van der Waals surface area (Å²) in [6.07, 6.45) is 0. The van der Waals surface area contributed by atoms with Gasteiger partial charge in [-0.3, -0.25) is 19.8 Å². The predicted octanol–water partition coefficient (Wildman–Crippen LogP) is 5.01. The number of non-ortho nitro benzene ring substituents is 1. The first-order chi connectivity index (χ1) is 15.2. The maximum atomic E-state index is 12.9. The third kappa shape index (κ3) is 5.74. The van der Waals surface area contributed by atoms with E-state index in [1.54, 1.807) is 12.1 Å². The topological polar surface area (TPSA) is 66.7 Å². The molecule has 172 valence electrons. The number of rotatable bonds is 8. The van der Waals surface area contributed by atoms with Crippen molar-refractivity contribution in [2.24, 2.45) is 11.8 Å². The Hall–Kier alpha value is -2.73. The molecule has 2 unspecified atom stereocenters. The largest absolute Gasteiger partial charge is 0.340 e. The van der Waals surface area contributed by atoms with E-state index in [4.69, 9.17) is 0 Å². The number of carbonyl (C=O) groups is 1. The zero-order valence-corrected chi connectivity index (χ0v) is 19.8. The smallest absolute Gasteiger partial charge is 0.269 e. The molecular weight excluding hydrogens is 402 g/mol. The fourth-order valence-corrected chi connectivity index (χ4v) is 4.59. The van der Waals surface area contributed by atoms with Crippen molar-refractivity contribution in [1.29, 1.82) is 0 Å². The van der Waals surface area contributed by atoms with E-state index in [0.717, 1.165) is 31.7 Å². The minimum Gasteiger partial charge on any atom is -0.340 e. The zero-order chi connectivity index (χ0) is 23.4. The van der Waals surface area contributed by atoms with Crippen molar-refractivity contribution in [2.45, 2.75) is 53.1 Å². The fourth-order valence-electron chi connectivity index (χ4n) is 4.59. The molecule has 3 rings (SSSR count). The highest BCUT2D eigenvalue weighted by Gasteiger charge is 2.36. The maximum absolute atomic E-state index is 12.9. The average molecular weight is 438 g/mol. The van der Waals surface area contributed by atoms with Crippen molar-refractivity contribution in [3.63, 3.8) is 0 Å². The first kappa shape index (κ1) is 23.9. The highest BCUT2D eigenvalue weighted by atomic mass is 16.6. The molecule has 6 heteroatoms. The molecular formula is C26H35N3O3. The second kappa shape index (κ2) is 10.3. The average Bonchev–Trinajstić information content (AvgIpc) is 3.14. The van der Waals surface area contributed by atoms with Gasteiger partial charge in [0.2, 0.25) is 5.91 Å². The van der Waals surface area contributed by atoms with Crippen LogP contribution < -0.4 is 0 Å². The molecule has 1 heterocycles. The van der Waals surface area contributed by atoms with E-state index in [2.05, 4.69) is 49.9 Å². The van der Waals surface area contributed by atoms with E-state index >= 15 is 0 Å². The summed E-state index contributed by atoms with van der Waals surface area (Å²) < 4.78 is 0. The van der Waals surface area contributed by atoms with Gasteiger partial charge >= 0.3 is 0 Å². The van der Waals surface area contributed by atoms with E-state index in [-0.39, 0.29) is 28.5 Å². The minimum atomic E-state index is -0.366.